The Morgan fingerprint density at radius 2 is 1.78 bits per heavy atom. The third kappa shape index (κ3) is 7.74. The number of nitrogens with one attached hydrogen (secondary N) is 2. The van der Waals surface area contributed by atoms with Crippen LogP contribution >= 0.6 is 11.8 Å². The molecule has 0 spiro atoms. The van der Waals surface area contributed by atoms with E-state index in [0.29, 0.717) is 18.7 Å². The normalized spacial score (nSPS) is 11.5. The lowest BCUT2D eigenvalue weighted by atomic mass is 10.1. The van der Waals surface area contributed by atoms with Gasteiger partial charge in [0, 0.05) is 6.54 Å². The summed E-state index contributed by atoms with van der Waals surface area (Å²) >= 11 is 1.64. The molecule has 0 unspecified atom stereocenters. The number of rotatable bonds is 10. The summed E-state index contributed by atoms with van der Waals surface area (Å²) in [6.45, 7) is 2.34. The van der Waals surface area contributed by atoms with Gasteiger partial charge in [-0.1, -0.05) is 48.0 Å². The minimum absolute atomic E-state index is 0.120. The maximum absolute atomic E-state index is 12.5. The van der Waals surface area contributed by atoms with Gasteiger partial charge in [-0.3, -0.25) is 9.59 Å². The quantitative estimate of drug-likeness (QED) is 0.659. The van der Waals surface area contributed by atoms with Crippen LogP contribution in [0.25, 0.3) is 0 Å². The third-order valence-electron chi connectivity index (χ3n) is 3.96. The van der Waals surface area contributed by atoms with Gasteiger partial charge in [-0.2, -0.15) is 11.8 Å². The van der Waals surface area contributed by atoms with Crippen molar-refractivity contribution < 1.29 is 14.3 Å². The summed E-state index contributed by atoms with van der Waals surface area (Å²) in [5.74, 6) is 0.910. The van der Waals surface area contributed by atoms with Gasteiger partial charge >= 0.3 is 0 Å². The van der Waals surface area contributed by atoms with Gasteiger partial charge in [0.15, 0.2) is 6.61 Å². The summed E-state index contributed by atoms with van der Waals surface area (Å²) in [7, 11) is 0. The van der Waals surface area contributed by atoms with Crippen LogP contribution in [0.3, 0.4) is 0 Å². The molecule has 0 heterocycles. The zero-order valence-corrected chi connectivity index (χ0v) is 16.6. The van der Waals surface area contributed by atoms with Gasteiger partial charge in [-0.25, -0.2) is 0 Å². The fourth-order valence-corrected chi connectivity index (χ4v) is 2.90. The summed E-state index contributed by atoms with van der Waals surface area (Å²) in [6, 6.07) is 16.5. The fourth-order valence-electron chi connectivity index (χ4n) is 2.42. The van der Waals surface area contributed by atoms with E-state index in [0.717, 1.165) is 11.3 Å². The van der Waals surface area contributed by atoms with Crippen molar-refractivity contribution in [3.8, 4) is 5.75 Å². The maximum atomic E-state index is 12.5. The van der Waals surface area contributed by atoms with E-state index in [1.807, 2.05) is 55.6 Å². The van der Waals surface area contributed by atoms with Crippen LogP contribution in [0, 0.1) is 6.92 Å². The molecule has 0 aliphatic carbocycles. The number of amides is 2. The van der Waals surface area contributed by atoms with Crippen LogP contribution in [0.4, 0.5) is 0 Å². The Morgan fingerprint density at radius 1 is 1.07 bits per heavy atom. The van der Waals surface area contributed by atoms with Crippen LogP contribution in [-0.2, 0) is 16.1 Å². The van der Waals surface area contributed by atoms with E-state index < -0.39 is 6.04 Å². The molecule has 27 heavy (non-hydrogen) atoms. The lowest BCUT2D eigenvalue weighted by Gasteiger charge is -2.18. The van der Waals surface area contributed by atoms with Crippen LogP contribution in [0.15, 0.2) is 54.6 Å². The minimum Gasteiger partial charge on any atom is -0.484 e. The molecule has 0 radical (unpaired) electrons. The molecule has 0 bridgehead atoms. The van der Waals surface area contributed by atoms with Gasteiger partial charge in [0.2, 0.25) is 5.91 Å². The van der Waals surface area contributed by atoms with Gasteiger partial charge in [0.1, 0.15) is 11.8 Å². The highest BCUT2D eigenvalue weighted by molar-refractivity contribution is 7.98. The Bertz CT molecular complexity index is 720. The van der Waals surface area contributed by atoms with E-state index >= 15 is 0 Å². The Kier molecular flexibility index (Phi) is 8.71. The van der Waals surface area contributed by atoms with E-state index in [-0.39, 0.29) is 18.4 Å². The average molecular weight is 387 g/mol. The second kappa shape index (κ2) is 11.3. The zero-order valence-electron chi connectivity index (χ0n) is 15.7. The van der Waals surface area contributed by atoms with Gasteiger partial charge in [0.05, 0.1) is 0 Å². The molecule has 2 aromatic rings. The summed E-state index contributed by atoms with van der Waals surface area (Å²) in [5.41, 5.74) is 2.20. The topological polar surface area (TPSA) is 67.4 Å². The largest absolute Gasteiger partial charge is 0.484 e. The van der Waals surface area contributed by atoms with Gasteiger partial charge in [-0.15, -0.1) is 0 Å². The second-order valence-corrected chi connectivity index (χ2v) is 7.19. The summed E-state index contributed by atoms with van der Waals surface area (Å²) < 4.78 is 5.44. The number of ether oxygens (including phenoxy) is 1. The van der Waals surface area contributed by atoms with E-state index in [4.69, 9.17) is 4.74 Å². The highest BCUT2D eigenvalue weighted by Gasteiger charge is 2.20. The molecule has 6 heteroatoms. The van der Waals surface area contributed by atoms with Crippen molar-refractivity contribution in [1.82, 2.24) is 10.6 Å². The molecular formula is C21H26N2O3S. The van der Waals surface area contributed by atoms with E-state index in [1.165, 1.54) is 5.56 Å². The summed E-state index contributed by atoms with van der Waals surface area (Å²) in [5, 5.41) is 5.68. The maximum Gasteiger partial charge on any atom is 0.258 e. The number of carbonyl (C=O) groups is 2. The standard InChI is InChI=1S/C21H26N2O3S/c1-16-8-10-17(11-9-16)14-22-21(25)19(12-13-27-2)23-20(24)15-26-18-6-4-3-5-7-18/h3-11,19H,12-15H2,1-2H3,(H,22,25)(H,23,24)/t19-/m0/s1. The molecule has 0 saturated heterocycles. The second-order valence-electron chi connectivity index (χ2n) is 6.21. The number of thioether (sulfide) groups is 1. The van der Waals surface area contributed by atoms with Crippen molar-refractivity contribution in [1.29, 1.82) is 0 Å². The molecule has 2 rings (SSSR count). The number of aryl methyl sites for hydroxylation is 1. The molecule has 0 aliphatic heterocycles. The monoisotopic (exact) mass is 386 g/mol. The molecule has 5 nitrogen and oxygen atoms in total. The first-order chi connectivity index (χ1) is 13.1. The van der Waals surface area contributed by atoms with Crippen molar-refractivity contribution in [3.05, 3.63) is 65.7 Å². The number of hydrogen-bond acceptors (Lipinski definition) is 4. The number of hydrogen-bond donors (Lipinski definition) is 2. The highest BCUT2D eigenvalue weighted by Crippen LogP contribution is 2.08. The van der Waals surface area contributed by atoms with Crippen LogP contribution in [0.1, 0.15) is 17.5 Å². The SMILES string of the molecule is CSCC[C@H](NC(=O)COc1ccccc1)C(=O)NCc1ccc(C)cc1. The molecule has 2 N–H and O–H groups in total. The lowest BCUT2D eigenvalue weighted by molar-refractivity contribution is -0.130. The molecule has 2 amide bonds. The molecular weight excluding hydrogens is 360 g/mol. The number of para-hydroxylation sites is 1. The Morgan fingerprint density at radius 3 is 2.44 bits per heavy atom. The fraction of sp³-hybridized carbons (Fsp3) is 0.333. The van der Waals surface area contributed by atoms with Crippen LogP contribution in [0.2, 0.25) is 0 Å². The van der Waals surface area contributed by atoms with Crippen molar-refractivity contribution in [3.63, 3.8) is 0 Å². The first-order valence-electron chi connectivity index (χ1n) is 8.88. The number of benzene rings is 2. The molecule has 144 valence electrons. The van der Waals surface area contributed by atoms with Crippen LogP contribution in [-0.4, -0.2) is 36.5 Å². The van der Waals surface area contributed by atoms with Gasteiger partial charge < -0.3 is 15.4 Å². The van der Waals surface area contributed by atoms with Gasteiger partial charge in [-0.05, 0) is 43.0 Å². The molecule has 0 saturated carbocycles. The molecule has 0 fully saturated rings. The predicted molar refractivity (Wildman–Crippen MR) is 110 cm³/mol. The van der Waals surface area contributed by atoms with Crippen LogP contribution < -0.4 is 15.4 Å². The first-order valence-corrected chi connectivity index (χ1v) is 10.3. The minimum atomic E-state index is -0.574. The Hall–Kier alpha value is -2.47. The average Bonchev–Trinajstić information content (AvgIpc) is 2.69. The Labute approximate surface area is 164 Å². The van der Waals surface area contributed by atoms with Crippen molar-refractivity contribution in [2.75, 3.05) is 18.6 Å². The predicted octanol–water partition coefficient (Wildman–Crippen LogP) is 2.93. The highest BCUT2D eigenvalue weighted by atomic mass is 32.2. The summed E-state index contributed by atoms with van der Waals surface area (Å²) in [6.07, 6.45) is 2.54. The Balaban J connectivity index is 1.85. The van der Waals surface area contributed by atoms with E-state index in [1.54, 1.807) is 23.9 Å². The van der Waals surface area contributed by atoms with Gasteiger partial charge in [0.25, 0.3) is 5.91 Å². The molecule has 0 aliphatic rings. The summed E-state index contributed by atoms with van der Waals surface area (Å²) in [4.78, 5) is 24.7. The lowest BCUT2D eigenvalue weighted by Crippen LogP contribution is -2.48. The molecule has 0 aromatic heterocycles. The number of carbonyl (C=O) groups excluding carboxylic acids is 2. The van der Waals surface area contributed by atoms with Crippen molar-refractivity contribution in [2.45, 2.75) is 25.9 Å². The first kappa shape index (κ1) is 20.8. The van der Waals surface area contributed by atoms with E-state index in [9.17, 15) is 9.59 Å². The third-order valence-corrected chi connectivity index (χ3v) is 4.61. The van der Waals surface area contributed by atoms with Crippen LogP contribution in [0.5, 0.6) is 5.75 Å². The zero-order chi connectivity index (χ0) is 19.5. The smallest absolute Gasteiger partial charge is 0.258 e. The molecule has 2 aromatic carbocycles. The van der Waals surface area contributed by atoms with Crippen molar-refractivity contribution in [2.24, 2.45) is 0 Å². The van der Waals surface area contributed by atoms with E-state index in [2.05, 4.69) is 10.6 Å². The van der Waals surface area contributed by atoms with Crippen molar-refractivity contribution >= 4 is 23.6 Å². The molecule has 1 atom stereocenters.